The minimum absolute atomic E-state index is 0.172. The summed E-state index contributed by atoms with van der Waals surface area (Å²) in [5.41, 5.74) is 1.21. The molecule has 1 aromatic carbocycles. The van der Waals surface area contributed by atoms with E-state index < -0.39 is 5.97 Å². The molecule has 33 heavy (non-hydrogen) atoms. The molecule has 174 valence electrons. The van der Waals surface area contributed by atoms with Crippen LogP contribution in [0, 0.1) is 5.92 Å². The molecule has 1 aliphatic heterocycles. The topological polar surface area (TPSA) is 101 Å². The number of carbonyl (C=O) groups excluding carboxylic acids is 3. The first-order valence-electron chi connectivity index (χ1n) is 10.3. The molecule has 2 aromatic rings. The van der Waals surface area contributed by atoms with Crippen LogP contribution in [-0.4, -0.2) is 50.9 Å². The second-order valence-electron chi connectivity index (χ2n) is 7.70. The van der Waals surface area contributed by atoms with Crippen molar-refractivity contribution in [3.63, 3.8) is 0 Å². The molecule has 0 atom stereocenters. The van der Waals surface area contributed by atoms with Crippen molar-refractivity contribution in [3.8, 4) is 0 Å². The molecule has 1 N–H and O–H groups in total. The smallest absolute Gasteiger partial charge is 0.337 e. The first-order chi connectivity index (χ1) is 15.8. The Morgan fingerprint density at radius 3 is 2.64 bits per heavy atom. The van der Waals surface area contributed by atoms with E-state index in [0.717, 1.165) is 17.0 Å². The van der Waals surface area contributed by atoms with Gasteiger partial charge < -0.3 is 10.1 Å². The second-order valence-corrected chi connectivity index (χ2v) is 10.4. The molecule has 8 nitrogen and oxygen atoms in total. The molecule has 1 aliphatic rings. The lowest BCUT2D eigenvalue weighted by Gasteiger charge is -2.13. The Balaban J connectivity index is 1.50. The molecule has 0 spiro atoms. The van der Waals surface area contributed by atoms with Crippen molar-refractivity contribution in [2.45, 2.75) is 33.1 Å². The molecule has 0 aliphatic carbocycles. The number of ether oxygens (including phenoxy) is 1. The highest BCUT2D eigenvalue weighted by Gasteiger charge is 2.31. The number of methoxy groups -OCH3 is 1. The molecule has 2 amide bonds. The van der Waals surface area contributed by atoms with Crippen LogP contribution < -0.4 is 5.32 Å². The number of thiocarbonyl (C=S) groups is 1. The van der Waals surface area contributed by atoms with E-state index >= 15 is 0 Å². The predicted molar refractivity (Wildman–Crippen MR) is 134 cm³/mol. The van der Waals surface area contributed by atoms with Crippen LogP contribution in [0.2, 0.25) is 0 Å². The van der Waals surface area contributed by atoms with Gasteiger partial charge in [0.1, 0.15) is 9.33 Å². The Kier molecular flexibility index (Phi) is 8.70. The molecule has 2 heterocycles. The van der Waals surface area contributed by atoms with E-state index in [1.54, 1.807) is 30.3 Å². The van der Waals surface area contributed by atoms with Crippen LogP contribution in [0.25, 0.3) is 6.08 Å². The van der Waals surface area contributed by atoms with E-state index in [4.69, 9.17) is 12.2 Å². The molecular weight excluding hydrogens is 480 g/mol. The average molecular weight is 505 g/mol. The van der Waals surface area contributed by atoms with Gasteiger partial charge in [0.25, 0.3) is 5.91 Å². The van der Waals surface area contributed by atoms with Gasteiger partial charge in [-0.1, -0.05) is 61.3 Å². The number of carbonyl (C=O) groups is 3. The molecule has 0 unspecified atom stereocenters. The van der Waals surface area contributed by atoms with Crippen molar-refractivity contribution in [1.82, 2.24) is 15.1 Å². The summed E-state index contributed by atoms with van der Waals surface area (Å²) < 4.78 is 5.14. The Bertz CT molecular complexity index is 1080. The summed E-state index contributed by atoms with van der Waals surface area (Å²) >= 11 is 7.95. The lowest BCUT2D eigenvalue weighted by molar-refractivity contribution is -0.122. The van der Waals surface area contributed by atoms with Gasteiger partial charge in [0, 0.05) is 19.4 Å². The molecule has 0 saturated carbocycles. The highest BCUT2D eigenvalue weighted by Crippen LogP contribution is 2.32. The lowest BCUT2D eigenvalue weighted by Crippen LogP contribution is -2.29. The van der Waals surface area contributed by atoms with Crippen molar-refractivity contribution in [2.75, 3.05) is 19.0 Å². The van der Waals surface area contributed by atoms with Crippen LogP contribution >= 0.6 is 35.3 Å². The van der Waals surface area contributed by atoms with Gasteiger partial charge in [0.2, 0.25) is 11.0 Å². The van der Waals surface area contributed by atoms with Crippen molar-refractivity contribution in [2.24, 2.45) is 5.92 Å². The standard InChI is InChI=1S/C22H24N4O4S3/c1-13(2)11-18-24-25-21(33-18)23-17(27)5-4-10-26-19(28)16(32-22(26)31)12-14-6-8-15(9-7-14)20(29)30-3/h6-9,12-13H,4-5,10-11H2,1-3H3,(H,23,25,27). The summed E-state index contributed by atoms with van der Waals surface area (Å²) in [4.78, 5) is 38.5. The highest BCUT2D eigenvalue weighted by atomic mass is 32.2. The number of amides is 2. The molecule has 1 fully saturated rings. The predicted octanol–water partition coefficient (Wildman–Crippen LogP) is 4.14. The van der Waals surface area contributed by atoms with E-state index in [2.05, 4.69) is 34.1 Å². The fourth-order valence-electron chi connectivity index (χ4n) is 2.99. The number of benzene rings is 1. The highest BCUT2D eigenvalue weighted by molar-refractivity contribution is 8.26. The van der Waals surface area contributed by atoms with Crippen LogP contribution in [0.4, 0.5) is 5.13 Å². The Hall–Kier alpha value is -2.63. The average Bonchev–Trinajstić information content (AvgIpc) is 3.31. The number of aromatic nitrogens is 2. The van der Waals surface area contributed by atoms with Gasteiger partial charge >= 0.3 is 5.97 Å². The van der Waals surface area contributed by atoms with Crippen LogP contribution in [-0.2, 0) is 20.7 Å². The SMILES string of the molecule is COC(=O)c1ccc(C=C2SC(=S)N(CCCC(=O)Nc3nnc(CC(C)C)s3)C2=O)cc1. The maximum atomic E-state index is 12.8. The third-order valence-electron chi connectivity index (χ3n) is 4.58. The molecule has 1 saturated heterocycles. The first kappa shape index (κ1) is 25.0. The minimum atomic E-state index is -0.418. The maximum Gasteiger partial charge on any atom is 0.337 e. The van der Waals surface area contributed by atoms with E-state index in [-0.39, 0.29) is 18.2 Å². The van der Waals surface area contributed by atoms with Crippen molar-refractivity contribution >= 4 is 68.6 Å². The molecule has 11 heteroatoms. The van der Waals surface area contributed by atoms with Gasteiger partial charge in [-0.15, -0.1) is 10.2 Å². The van der Waals surface area contributed by atoms with Crippen LogP contribution in [0.3, 0.4) is 0 Å². The largest absolute Gasteiger partial charge is 0.465 e. The van der Waals surface area contributed by atoms with Crippen molar-refractivity contribution < 1.29 is 19.1 Å². The minimum Gasteiger partial charge on any atom is -0.465 e. The number of rotatable bonds is 9. The van der Waals surface area contributed by atoms with E-state index in [0.29, 0.717) is 38.8 Å². The van der Waals surface area contributed by atoms with Crippen LogP contribution in [0.15, 0.2) is 29.2 Å². The summed E-state index contributed by atoms with van der Waals surface area (Å²) in [7, 11) is 1.32. The first-order valence-corrected chi connectivity index (χ1v) is 12.4. The Morgan fingerprint density at radius 1 is 1.24 bits per heavy atom. The normalized spacial score (nSPS) is 14.9. The number of nitrogens with zero attached hydrogens (tertiary/aromatic N) is 3. The van der Waals surface area contributed by atoms with Gasteiger partial charge in [-0.3, -0.25) is 14.5 Å². The van der Waals surface area contributed by atoms with Crippen LogP contribution in [0.5, 0.6) is 0 Å². The second kappa shape index (κ2) is 11.5. The van der Waals surface area contributed by atoms with E-state index in [9.17, 15) is 14.4 Å². The zero-order chi connectivity index (χ0) is 24.0. The maximum absolute atomic E-state index is 12.8. The van der Waals surface area contributed by atoms with Crippen LogP contribution in [0.1, 0.15) is 47.6 Å². The lowest BCUT2D eigenvalue weighted by atomic mass is 10.1. The van der Waals surface area contributed by atoms with Gasteiger partial charge in [-0.2, -0.15) is 0 Å². The Morgan fingerprint density at radius 2 is 1.97 bits per heavy atom. The zero-order valence-electron chi connectivity index (χ0n) is 18.5. The van der Waals surface area contributed by atoms with Gasteiger partial charge in [-0.25, -0.2) is 4.79 Å². The fourth-order valence-corrected chi connectivity index (χ4v) is 5.27. The number of thioether (sulfide) groups is 1. The number of hydrogen-bond donors (Lipinski definition) is 1. The summed E-state index contributed by atoms with van der Waals surface area (Å²) in [6.07, 6.45) is 3.27. The molecule has 0 bridgehead atoms. The molecule has 0 radical (unpaired) electrons. The number of hydrogen-bond acceptors (Lipinski definition) is 9. The molecule has 3 rings (SSSR count). The number of nitrogens with one attached hydrogen (secondary N) is 1. The third kappa shape index (κ3) is 6.92. The van der Waals surface area contributed by atoms with Crippen molar-refractivity contribution in [1.29, 1.82) is 0 Å². The van der Waals surface area contributed by atoms with Gasteiger partial charge in [-0.05, 0) is 36.1 Å². The van der Waals surface area contributed by atoms with E-state index in [1.165, 1.54) is 35.1 Å². The molecular formula is C22H24N4O4S3. The zero-order valence-corrected chi connectivity index (χ0v) is 20.9. The summed E-state index contributed by atoms with van der Waals surface area (Å²) in [5.74, 6) is -0.308. The van der Waals surface area contributed by atoms with Gasteiger partial charge in [0.05, 0.1) is 17.6 Å². The van der Waals surface area contributed by atoms with E-state index in [1.807, 2.05) is 0 Å². The van der Waals surface area contributed by atoms with Crippen molar-refractivity contribution in [3.05, 3.63) is 45.3 Å². The number of esters is 1. The monoisotopic (exact) mass is 504 g/mol. The summed E-state index contributed by atoms with van der Waals surface area (Å²) in [5, 5.41) is 12.2. The fraction of sp³-hybridized carbons (Fsp3) is 0.364. The third-order valence-corrected chi connectivity index (χ3v) is 6.82. The summed E-state index contributed by atoms with van der Waals surface area (Å²) in [6.45, 7) is 4.55. The Labute approximate surface area is 205 Å². The number of anilines is 1. The van der Waals surface area contributed by atoms with Gasteiger partial charge in [0.15, 0.2) is 0 Å². The molecule has 1 aromatic heterocycles. The summed E-state index contributed by atoms with van der Waals surface area (Å²) in [6, 6.07) is 6.76. The quantitative estimate of drug-likeness (QED) is 0.309.